The first-order valence-electron chi connectivity index (χ1n) is 8.49. The van der Waals surface area contributed by atoms with Crippen molar-refractivity contribution in [1.82, 2.24) is 14.7 Å². The molecule has 5 heteroatoms. The number of halogens is 1. The Morgan fingerprint density at radius 3 is 2.39 bits per heavy atom. The highest BCUT2D eigenvalue weighted by molar-refractivity contribution is 6.30. The van der Waals surface area contributed by atoms with E-state index in [9.17, 15) is 4.79 Å². The van der Waals surface area contributed by atoms with Gasteiger partial charge in [0.25, 0.3) is 0 Å². The Labute approximate surface area is 144 Å². The minimum absolute atomic E-state index is 0.202. The number of nitrogens with zero attached hydrogens (tertiary/aromatic N) is 3. The molecule has 2 saturated heterocycles. The maximum atomic E-state index is 11.5. The van der Waals surface area contributed by atoms with Crippen LogP contribution >= 0.6 is 11.6 Å². The Hall–Kier alpha value is -1.10. The van der Waals surface area contributed by atoms with E-state index in [0.717, 1.165) is 50.8 Å². The molecule has 1 aromatic rings. The van der Waals surface area contributed by atoms with Gasteiger partial charge in [-0.1, -0.05) is 30.7 Å². The van der Waals surface area contributed by atoms with Gasteiger partial charge in [-0.15, -0.1) is 0 Å². The number of carbonyl (C=O) groups is 1. The van der Waals surface area contributed by atoms with Crippen LogP contribution in [0.5, 0.6) is 0 Å². The lowest BCUT2D eigenvalue weighted by molar-refractivity contribution is -0.130. The van der Waals surface area contributed by atoms with E-state index in [0.29, 0.717) is 12.0 Å². The molecule has 2 heterocycles. The van der Waals surface area contributed by atoms with Crippen molar-refractivity contribution in [3.8, 4) is 0 Å². The summed E-state index contributed by atoms with van der Waals surface area (Å²) < 4.78 is 0. The van der Waals surface area contributed by atoms with E-state index in [-0.39, 0.29) is 5.91 Å². The van der Waals surface area contributed by atoms with Gasteiger partial charge in [-0.25, -0.2) is 0 Å². The van der Waals surface area contributed by atoms with Gasteiger partial charge in [0.05, 0.1) is 0 Å². The first-order chi connectivity index (χ1) is 11.0. The number of rotatable bonds is 3. The fraction of sp³-hybridized carbons (Fsp3) is 0.611. The lowest BCUT2D eigenvalue weighted by Gasteiger charge is -2.39. The zero-order valence-corrected chi connectivity index (χ0v) is 14.8. The second kappa shape index (κ2) is 7.20. The predicted octanol–water partition coefficient (Wildman–Crippen LogP) is 2.32. The molecule has 2 atom stereocenters. The molecular weight excluding hydrogens is 310 g/mol. The van der Waals surface area contributed by atoms with Crippen LogP contribution in [0.25, 0.3) is 0 Å². The molecule has 3 rings (SSSR count). The smallest absolute Gasteiger partial charge is 0.219 e. The van der Waals surface area contributed by atoms with Gasteiger partial charge in [-0.2, -0.15) is 0 Å². The van der Waals surface area contributed by atoms with Crippen LogP contribution in [-0.4, -0.2) is 65.9 Å². The van der Waals surface area contributed by atoms with Gasteiger partial charge < -0.3 is 4.90 Å². The Morgan fingerprint density at radius 2 is 1.78 bits per heavy atom. The van der Waals surface area contributed by atoms with Gasteiger partial charge in [0, 0.05) is 63.8 Å². The van der Waals surface area contributed by atoms with Crippen LogP contribution in [0.15, 0.2) is 24.3 Å². The summed E-state index contributed by atoms with van der Waals surface area (Å²) >= 11 is 5.96. The highest BCUT2D eigenvalue weighted by Gasteiger charge is 2.35. The van der Waals surface area contributed by atoms with Gasteiger partial charge >= 0.3 is 0 Å². The number of amides is 1. The van der Waals surface area contributed by atoms with Gasteiger partial charge in [0.2, 0.25) is 5.91 Å². The van der Waals surface area contributed by atoms with Crippen LogP contribution in [0.2, 0.25) is 5.02 Å². The van der Waals surface area contributed by atoms with Crippen molar-refractivity contribution >= 4 is 17.5 Å². The molecule has 0 saturated carbocycles. The Kier molecular flexibility index (Phi) is 5.24. The van der Waals surface area contributed by atoms with Crippen molar-refractivity contribution in [3.63, 3.8) is 0 Å². The monoisotopic (exact) mass is 335 g/mol. The number of hydrogen-bond acceptors (Lipinski definition) is 3. The predicted molar refractivity (Wildman–Crippen MR) is 93.5 cm³/mol. The minimum Gasteiger partial charge on any atom is -0.340 e. The van der Waals surface area contributed by atoms with Crippen molar-refractivity contribution < 1.29 is 4.79 Å². The molecule has 0 unspecified atom stereocenters. The van der Waals surface area contributed by atoms with Crippen LogP contribution in [0.3, 0.4) is 0 Å². The number of hydrogen-bond donors (Lipinski definition) is 0. The van der Waals surface area contributed by atoms with E-state index < -0.39 is 0 Å². The van der Waals surface area contributed by atoms with Crippen molar-refractivity contribution in [2.24, 2.45) is 5.92 Å². The van der Waals surface area contributed by atoms with E-state index in [1.807, 2.05) is 17.0 Å². The number of benzene rings is 1. The molecule has 0 aliphatic carbocycles. The summed E-state index contributed by atoms with van der Waals surface area (Å²) in [6, 6.07) is 8.78. The second-order valence-electron chi connectivity index (χ2n) is 6.91. The maximum Gasteiger partial charge on any atom is 0.219 e. The number of piperazine rings is 1. The molecule has 126 valence electrons. The topological polar surface area (TPSA) is 26.8 Å². The van der Waals surface area contributed by atoms with E-state index in [1.54, 1.807) is 6.92 Å². The maximum absolute atomic E-state index is 11.5. The zero-order valence-electron chi connectivity index (χ0n) is 14.0. The van der Waals surface area contributed by atoms with E-state index in [4.69, 9.17) is 11.6 Å². The van der Waals surface area contributed by atoms with Gasteiger partial charge in [0.15, 0.2) is 0 Å². The van der Waals surface area contributed by atoms with Crippen molar-refractivity contribution in [2.75, 3.05) is 39.3 Å². The summed E-state index contributed by atoms with van der Waals surface area (Å²) in [5.74, 6) is 0.875. The molecular formula is C18H26ClN3O. The normalized spacial score (nSPS) is 26.7. The Morgan fingerprint density at radius 1 is 1.13 bits per heavy atom. The summed E-state index contributed by atoms with van der Waals surface area (Å²) in [5.41, 5.74) is 1.32. The molecule has 2 aliphatic rings. The Bertz CT molecular complexity index is 540. The standard InChI is InChI=1S/C18H26ClN3O/c1-14-11-20(12-16-3-5-17(19)6-4-16)13-18(14)22-9-7-21(8-10-22)15(2)23/h3-6,14,18H,7-13H2,1-2H3/t14-,18-/m1/s1. The molecule has 2 fully saturated rings. The average Bonchev–Trinajstić information content (AvgIpc) is 2.90. The van der Waals surface area contributed by atoms with Crippen molar-refractivity contribution in [2.45, 2.75) is 26.4 Å². The zero-order chi connectivity index (χ0) is 16.4. The first kappa shape index (κ1) is 16.7. The average molecular weight is 336 g/mol. The molecule has 1 amide bonds. The summed E-state index contributed by atoms with van der Waals surface area (Å²) in [6.45, 7) is 11.0. The fourth-order valence-electron chi connectivity index (χ4n) is 3.87. The van der Waals surface area contributed by atoms with Gasteiger partial charge in [-0.05, 0) is 23.6 Å². The molecule has 0 bridgehead atoms. The number of likely N-dealkylation sites (tertiary alicyclic amines) is 1. The molecule has 0 spiro atoms. The molecule has 1 aromatic carbocycles. The largest absolute Gasteiger partial charge is 0.340 e. The second-order valence-corrected chi connectivity index (χ2v) is 7.34. The van der Waals surface area contributed by atoms with Crippen LogP contribution in [0.1, 0.15) is 19.4 Å². The molecule has 4 nitrogen and oxygen atoms in total. The fourth-order valence-corrected chi connectivity index (χ4v) is 3.99. The van der Waals surface area contributed by atoms with Gasteiger partial charge in [0.1, 0.15) is 0 Å². The SMILES string of the molecule is CC(=O)N1CCN([C@@H]2CN(Cc3ccc(Cl)cc3)C[C@H]2C)CC1. The Balaban J connectivity index is 1.54. The number of carbonyl (C=O) groups excluding carboxylic acids is 1. The van der Waals surface area contributed by atoms with E-state index >= 15 is 0 Å². The third kappa shape index (κ3) is 4.06. The third-order valence-corrected chi connectivity index (χ3v) is 5.45. The summed E-state index contributed by atoms with van der Waals surface area (Å²) in [4.78, 5) is 18.5. The minimum atomic E-state index is 0.202. The summed E-state index contributed by atoms with van der Waals surface area (Å²) in [5, 5.41) is 0.796. The highest BCUT2D eigenvalue weighted by Crippen LogP contribution is 2.24. The van der Waals surface area contributed by atoms with E-state index in [2.05, 4.69) is 28.9 Å². The molecule has 2 aliphatic heterocycles. The van der Waals surface area contributed by atoms with E-state index in [1.165, 1.54) is 5.56 Å². The lowest BCUT2D eigenvalue weighted by Crippen LogP contribution is -2.53. The lowest BCUT2D eigenvalue weighted by atomic mass is 10.0. The summed E-state index contributed by atoms with van der Waals surface area (Å²) in [6.07, 6.45) is 0. The van der Waals surface area contributed by atoms with Crippen molar-refractivity contribution in [1.29, 1.82) is 0 Å². The highest BCUT2D eigenvalue weighted by atomic mass is 35.5. The first-order valence-corrected chi connectivity index (χ1v) is 8.87. The van der Waals surface area contributed by atoms with Crippen LogP contribution in [-0.2, 0) is 11.3 Å². The quantitative estimate of drug-likeness (QED) is 0.848. The van der Waals surface area contributed by atoms with Gasteiger partial charge in [-0.3, -0.25) is 14.6 Å². The molecule has 0 N–H and O–H groups in total. The molecule has 0 radical (unpaired) electrons. The summed E-state index contributed by atoms with van der Waals surface area (Å²) in [7, 11) is 0. The third-order valence-electron chi connectivity index (χ3n) is 5.20. The molecule has 23 heavy (non-hydrogen) atoms. The van der Waals surface area contributed by atoms with Crippen LogP contribution in [0.4, 0.5) is 0 Å². The van der Waals surface area contributed by atoms with Crippen LogP contribution < -0.4 is 0 Å². The van der Waals surface area contributed by atoms with Crippen LogP contribution in [0, 0.1) is 5.92 Å². The van der Waals surface area contributed by atoms with Crippen molar-refractivity contribution in [3.05, 3.63) is 34.9 Å². The molecule has 0 aromatic heterocycles.